The maximum absolute atomic E-state index is 12.4. The second-order valence-corrected chi connectivity index (χ2v) is 6.27. The zero-order valence-electron chi connectivity index (χ0n) is 14.5. The first-order chi connectivity index (χ1) is 13.0. The Hall–Kier alpha value is -3.74. The fraction of sp³-hybridized carbons (Fsp3) is 0.100. The Morgan fingerprint density at radius 1 is 0.963 bits per heavy atom. The Balaban J connectivity index is 1.46. The average molecular weight is 360 g/mol. The zero-order valence-corrected chi connectivity index (χ0v) is 14.5. The number of nitrogens with zero attached hydrogens (tertiary/aromatic N) is 3. The molecule has 0 bridgehead atoms. The molecular formula is C20H16N4O3. The van der Waals surface area contributed by atoms with E-state index in [1.807, 2.05) is 0 Å². The van der Waals surface area contributed by atoms with Crippen LogP contribution in [-0.4, -0.2) is 32.4 Å². The molecule has 2 heterocycles. The molecule has 1 aromatic heterocycles. The number of fused-ring (bicyclic) bond motifs is 1. The Kier molecular flexibility index (Phi) is 4.04. The van der Waals surface area contributed by atoms with Crippen molar-refractivity contribution in [1.29, 1.82) is 0 Å². The zero-order chi connectivity index (χ0) is 19.0. The third-order valence-electron chi connectivity index (χ3n) is 4.39. The third kappa shape index (κ3) is 3.10. The van der Waals surface area contributed by atoms with Gasteiger partial charge in [0.05, 0.1) is 17.7 Å². The fourth-order valence-electron chi connectivity index (χ4n) is 3.00. The molecule has 134 valence electrons. The summed E-state index contributed by atoms with van der Waals surface area (Å²) in [7, 11) is 1.77. The third-order valence-corrected chi connectivity index (χ3v) is 4.39. The molecule has 1 aliphatic rings. The van der Waals surface area contributed by atoms with Gasteiger partial charge in [-0.25, -0.2) is 0 Å². The van der Waals surface area contributed by atoms with E-state index in [0.717, 1.165) is 5.56 Å². The van der Waals surface area contributed by atoms with E-state index >= 15 is 0 Å². The lowest BCUT2D eigenvalue weighted by atomic mass is 10.1. The summed E-state index contributed by atoms with van der Waals surface area (Å²) in [6.07, 6.45) is 1.74. The van der Waals surface area contributed by atoms with Crippen LogP contribution in [0.15, 0.2) is 60.8 Å². The highest BCUT2D eigenvalue weighted by atomic mass is 16.2. The summed E-state index contributed by atoms with van der Waals surface area (Å²) in [5, 5.41) is 6.81. The van der Waals surface area contributed by atoms with E-state index in [4.69, 9.17) is 0 Å². The number of benzene rings is 2. The molecule has 7 nitrogen and oxygen atoms in total. The second-order valence-electron chi connectivity index (χ2n) is 6.27. The number of hydrogen-bond acceptors (Lipinski definition) is 4. The average Bonchev–Trinajstić information content (AvgIpc) is 3.19. The minimum atomic E-state index is -0.299. The van der Waals surface area contributed by atoms with Gasteiger partial charge < -0.3 is 5.32 Å². The van der Waals surface area contributed by atoms with Gasteiger partial charge in [0.25, 0.3) is 17.7 Å². The van der Waals surface area contributed by atoms with E-state index in [0.29, 0.717) is 22.5 Å². The summed E-state index contributed by atoms with van der Waals surface area (Å²) in [6, 6.07) is 15.3. The Labute approximate surface area is 155 Å². The van der Waals surface area contributed by atoms with Crippen LogP contribution >= 0.6 is 0 Å². The molecule has 1 N–H and O–H groups in total. The summed E-state index contributed by atoms with van der Waals surface area (Å²) in [5.41, 5.74) is 2.08. The molecule has 0 spiro atoms. The molecule has 3 aromatic rings. The number of anilines is 1. The Morgan fingerprint density at radius 2 is 1.59 bits per heavy atom. The number of amides is 3. The Bertz CT molecular complexity index is 1020. The van der Waals surface area contributed by atoms with Gasteiger partial charge in [0.15, 0.2) is 5.82 Å². The standard InChI is InChI=1S/C20H16N4O3/c1-23-11-10-17(22-23)21-18(25)14-8-6-13(7-9-14)12-24-19(26)15-4-2-3-5-16(15)20(24)27/h2-11H,12H2,1H3,(H,21,22,25). The van der Waals surface area contributed by atoms with Crippen molar-refractivity contribution in [3.63, 3.8) is 0 Å². The van der Waals surface area contributed by atoms with Gasteiger partial charge in [0.2, 0.25) is 0 Å². The van der Waals surface area contributed by atoms with Gasteiger partial charge in [0, 0.05) is 24.9 Å². The molecule has 4 rings (SSSR count). The van der Waals surface area contributed by atoms with Crippen LogP contribution in [0.1, 0.15) is 36.6 Å². The summed E-state index contributed by atoms with van der Waals surface area (Å²) in [4.78, 5) is 38.3. The van der Waals surface area contributed by atoms with Gasteiger partial charge >= 0.3 is 0 Å². The number of nitrogens with one attached hydrogen (secondary N) is 1. The number of aromatic nitrogens is 2. The number of rotatable bonds is 4. The van der Waals surface area contributed by atoms with Crippen molar-refractivity contribution in [1.82, 2.24) is 14.7 Å². The highest BCUT2D eigenvalue weighted by molar-refractivity contribution is 6.21. The largest absolute Gasteiger partial charge is 0.305 e. The lowest BCUT2D eigenvalue weighted by Crippen LogP contribution is -2.29. The molecule has 1 aliphatic heterocycles. The van der Waals surface area contributed by atoms with Crippen molar-refractivity contribution < 1.29 is 14.4 Å². The summed E-state index contributed by atoms with van der Waals surface area (Å²) < 4.78 is 1.60. The van der Waals surface area contributed by atoms with Crippen LogP contribution in [0.2, 0.25) is 0 Å². The van der Waals surface area contributed by atoms with E-state index < -0.39 is 0 Å². The predicted octanol–water partition coefficient (Wildman–Crippen LogP) is 2.47. The molecular weight excluding hydrogens is 344 g/mol. The van der Waals surface area contributed by atoms with Crippen molar-refractivity contribution >= 4 is 23.5 Å². The first-order valence-corrected chi connectivity index (χ1v) is 8.38. The first kappa shape index (κ1) is 16.7. The number of aryl methyl sites for hydroxylation is 1. The van der Waals surface area contributed by atoms with Crippen LogP contribution in [0, 0.1) is 0 Å². The minimum absolute atomic E-state index is 0.161. The van der Waals surface area contributed by atoms with Gasteiger partial charge in [-0.2, -0.15) is 5.10 Å². The molecule has 27 heavy (non-hydrogen) atoms. The lowest BCUT2D eigenvalue weighted by molar-refractivity contribution is 0.0642. The highest BCUT2D eigenvalue weighted by Crippen LogP contribution is 2.24. The summed E-state index contributed by atoms with van der Waals surface area (Å²) in [5.74, 6) is -0.404. The molecule has 0 aliphatic carbocycles. The van der Waals surface area contributed by atoms with Crippen LogP contribution in [-0.2, 0) is 13.6 Å². The van der Waals surface area contributed by atoms with Crippen LogP contribution in [0.5, 0.6) is 0 Å². The molecule has 7 heteroatoms. The van der Waals surface area contributed by atoms with E-state index in [9.17, 15) is 14.4 Å². The fourth-order valence-corrected chi connectivity index (χ4v) is 3.00. The molecule has 0 saturated carbocycles. The van der Waals surface area contributed by atoms with Gasteiger partial charge in [-0.1, -0.05) is 24.3 Å². The van der Waals surface area contributed by atoms with Gasteiger partial charge in [-0.3, -0.25) is 24.0 Å². The quantitative estimate of drug-likeness (QED) is 0.725. The van der Waals surface area contributed by atoms with Crippen molar-refractivity contribution in [2.75, 3.05) is 5.32 Å². The summed E-state index contributed by atoms with van der Waals surface area (Å²) in [6.45, 7) is 0.161. The van der Waals surface area contributed by atoms with Gasteiger partial charge in [0.1, 0.15) is 0 Å². The summed E-state index contributed by atoms with van der Waals surface area (Å²) >= 11 is 0. The van der Waals surface area contributed by atoms with Crippen molar-refractivity contribution in [3.8, 4) is 0 Å². The Morgan fingerprint density at radius 3 is 2.15 bits per heavy atom. The SMILES string of the molecule is Cn1ccc(NC(=O)c2ccc(CN3C(=O)c4ccccc4C3=O)cc2)n1. The van der Waals surface area contributed by atoms with Crippen molar-refractivity contribution in [3.05, 3.63) is 83.0 Å². The van der Waals surface area contributed by atoms with Crippen LogP contribution < -0.4 is 5.32 Å². The van der Waals surface area contributed by atoms with Crippen LogP contribution in [0.3, 0.4) is 0 Å². The van der Waals surface area contributed by atoms with E-state index in [-0.39, 0.29) is 24.3 Å². The maximum Gasteiger partial charge on any atom is 0.261 e. The van der Waals surface area contributed by atoms with Crippen molar-refractivity contribution in [2.45, 2.75) is 6.54 Å². The van der Waals surface area contributed by atoms with Gasteiger partial charge in [-0.05, 0) is 29.8 Å². The molecule has 0 radical (unpaired) electrons. The number of carbonyl (C=O) groups excluding carboxylic acids is 3. The monoisotopic (exact) mass is 360 g/mol. The second kappa shape index (κ2) is 6.53. The van der Waals surface area contributed by atoms with Gasteiger partial charge in [-0.15, -0.1) is 0 Å². The topological polar surface area (TPSA) is 84.3 Å². The molecule has 3 amide bonds. The van der Waals surface area contributed by atoms with Crippen LogP contribution in [0.25, 0.3) is 0 Å². The molecule has 0 fully saturated rings. The number of hydrogen-bond donors (Lipinski definition) is 1. The van der Waals surface area contributed by atoms with Crippen molar-refractivity contribution in [2.24, 2.45) is 7.05 Å². The number of carbonyl (C=O) groups is 3. The molecule has 0 atom stereocenters. The molecule has 2 aromatic carbocycles. The maximum atomic E-state index is 12.4. The number of imide groups is 1. The lowest BCUT2D eigenvalue weighted by Gasteiger charge is -2.14. The van der Waals surface area contributed by atoms with E-state index in [1.165, 1.54) is 4.90 Å². The predicted molar refractivity (Wildman–Crippen MR) is 98.2 cm³/mol. The van der Waals surface area contributed by atoms with E-state index in [2.05, 4.69) is 10.4 Å². The smallest absolute Gasteiger partial charge is 0.261 e. The highest BCUT2D eigenvalue weighted by Gasteiger charge is 2.34. The minimum Gasteiger partial charge on any atom is -0.305 e. The van der Waals surface area contributed by atoms with E-state index in [1.54, 1.807) is 72.5 Å². The normalized spacial score (nSPS) is 13.0. The van der Waals surface area contributed by atoms with Crippen LogP contribution in [0.4, 0.5) is 5.82 Å². The molecule has 0 unspecified atom stereocenters. The first-order valence-electron chi connectivity index (χ1n) is 8.38. The molecule has 0 saturated heterocycles.